The highest BCUT2D eigenvalue weighted by atomic mass is 16.5. The summed E-state index contributed by atoms with van der Waals surface area (Å²) in [6.07, 6.45) is 5.22. The van der Waals surface area contributed by atoms with Crippen molar-refractivity contribution in [2.45, 2.75) is 52.1 Å². The van der Waals surface area contributed by atoms with Crippen LogP contribution in [0.1, 0.15) is 47.9 Å². The Morgan fingerprint density at radius 3 is 2.57 bits per heavy atom. The van der Waals surface area contributed by atoms with Crippen molar-refractivity contribution in [2.24, 2.45) is 0 Å². The van der Waals surface area contributed by atoms with Crippen LogP contribution in [-0.2, 0) is 24.3 Å². The number of carbonyl (C=O) groups excluding carboxylic acids is 1. The average Bonchev–Trinajstić information content (AvgIpc) is 2.72. The van der Waals surface area contributed by atoms with Crippen LogP contribution in [-0.4, -0.2) is 31.0 Å². The number of nitrogens with zero attached hydrogens (tertiary/aromatic N) is 1. The van der Waals surface area contributed by atoms with E-state index >= 15 is 0 Å². The van der Waals surface area contributed by atoms with Gasteiger partial charge in [-0.1, -0.05) is 42.8 Å². The van der Waals surface area contributed by atoms with Crippen LogP contribution in [0.4, 0.5) is 0 Å². The fraction of sp³-hybridized carbons (Fsp3) is 0.458. The number of methoxy groups -OCH3 is 1. The van der Waals surface area contributed by atoms with E-state index in [0.717, 1.165) is 29.8 Å². The molecule has 4 heteroatoms. The predicted octanol–water partition coefficient (Wildman–Crippen LogP) is 4.24. The summed E-state index contributed by atoms with van der Waals surface area (Å²) in [5.74, 6) is 0.979. The molecule has 0 aromatic heterocycles. The third-order valence-electron chi connectivity index (χ3n) is 5.44. The summed E-state index contributed by atoms with van der Waals surface area (Å²) in [5.41, 5.74) is 4.77. The fourth-order valence-electron chi connectivity index (χ4n) is 3.86. The number of carbonyl (C=O) groups is 1. The maximum Gasteiger partial charge on any atom is 0.220 e. The van der Waals surface area contributed by atoms with Crippen LogP contribution in [0, 0.1) is 6.92 Å². The number of hydrogen-bond acceptors (Lipinski definition) is 3. The molecule has 0 aliphatic carbocycles. The van der Waals surface area contributed by atoms with Gasteiger partial charge in [-0.2, -0.15) is 0 Å². The molecule has 0 radical (unpaired) electrons. The number of rotatable bonds is 8. The topological polar surface area (TPSA) is 41.6 Å². The molecule has 1 aliphatic heterocycles. The molecule has 150 valence electrons. The van der Waals surface area contributed by atoms with Crippen molar-refractivity contribution in [3.8, 4) is 5.75 Å². The Balaban J connectivity index is 1.45. The van der Waals surface area contributed by atoms with Gasteiger partial charge < -0.3 is 10.1 Å². The normalized spacial score (nSPS) is 14.6. The van der Waals surface area contributed by atoms with E-state index in [2.05, 4.69) is 40.5 Å². The minimum absolute atomic E-state index is 0.0925. The van der Waals surface area contributed by atoms with Gasteiger partial charge in [0.2, 0.25) is 5.91 Å². The van der Waals surface area contributed by atoms with E-state index < -0.39 is 0 Å². The lowest BCUT2D eigenvalue weighted by atomic mass is 10.1. The standard InChI is InChI=1S/C24H32N2O2/c1-19-15-20(9-11-23(19)28-2)10-12-24(27)25-17-21-7-6-8-22(16-21)18-26-13-4-3-5-14-26/h6-9,11,15-16H,3-5,10,12-14,17-18H2,1-2H3,(H,25,27). The summed E-state index contributed by atoms with van der Waals surface area (Å²) >= 11 is 0. The van der Waals surface area contributed by atoms with Crippen LogP contribution in [0.3, 0.4) is 0 Å². The molecule has 0 unspecified atom stereocenters. The molecule has 28 heavy (non-hydrogen) atoms. The third kappa shape index (κ3) is 6.10. The number of piperidine rings is 1. The molecule has 0 spiro atoms. The molecule has 2 aromatic carbocycles. The molecule has 4 nitrogen and oxygen atoms in total. The van der Waals surface area contributed by atoms with Crippen LogP contribution < -0.4 is 10.1 Å². The van der Waals surface area contributed by atoms with Crippen LogP contribution in [0.5, 0.6) is 5.75 Å². The lowest BCUT2D eigenvalue weighted by Crippen LogP contribution is -2.29. The number of aryl methyl sites for hydroxylation is 2. The molecule has 0 bridgehead atoms. The van der Waals surface area contributed by atoms with Gasteiger partial charge in [0.15, 0.2) is 0 Å². The summed E-state index contributed by atoms with van der Waals surface area (Å²) in [5, 5.41) is 3.06. The Kier molecular flexibility index (Phi) is 7.49. The van der Waals surface area contributed by atoms with Crippen LogP contribution in [0.25, 0.3) is 0 Å². The zero-order valence-corrected chi connectivity index (χ0v) is 17.2. The van der Waals surface area contributed by atoms with E-state index in [-0.39, 0.29) is 5.91 Å². The molecule has 2 aromatic rings. The number of benzene rings is 2. The summed E-state index contributed by atoms with van der Waals surface area (Å²) in [6.45, 7) is 6.03. The highest BCUT2D eigenvalue weighted by molar-refractivity contribution is 5.76. The predicted molar refractivity (Wildman–Crippen MR) is 113 cm³/mol. The van der Waals surface area contributed by atoms with Crippen molar-refractivity contribution >= 4 is 5.91 Å². The number of likely N-dealkylation sites (tertiary alicyclic amines) is 1. The van der Waals surface area contributed by atoms with E-state index in [1.807, 2.05) is 19.1 Å². The molecule has 0 atom stereocenters. The molecular formula is C24H32N2O2. The van der Waals surface area contributed by atoms with Crippen molar-refractivity contribution in [3.05, 3.63) is 64.7 Å². The summed E-state index contributed by atoms with van der Waals surface area (Å²) in [4.78, 5) is 14.8. The largest absolute Gasteiger partial charge is 0.496 e. The second kappa shape index (κ2) is 10.3. The highest BCUT2D eigenvalue weighted by Gasteiger charge is 2.11. The number of ether oxygens (including phenoxy) is 1. The zero-order chi connectivity index (χ0) is 19.8. The zero-order valence-electron chi connectivity index (χ0n) is 17.2. The third-order valence-corrected chi connectivity index (χ3v) is 5.44. The van der Waals surface area contributed by atoms with Crippen molar-refractivity contribution in [1.29, 1.82) is 0 Å². The van der Waals surface area contributed by atoms with Crippen LogP contribution in [0.2, 0.25) is 0 Å². The second-order valence-electron chi connectivity index (χ2n) is 7.74. The monoisotopic (exact) mass is 380 g/mol. The molecule has 1 saturated heterocycles. The minimum atomic E-state index is 0.0925. The maximum atomic E-state index is 12.3. The Bertz CT molecular complexity index is 782. The average molecular weight is 381 g/mol. The fourth-order valence-corrected chi connectivity index (χ4v) is 3.86. The smallest absolute Gasteiger partial charge is 0.220 e. The molecule has 1 fully saturated rings. The first-order chi connectivity index (χ1) is 13.6. The number of nitrogens with one attached hydrogen (secondary N) is 1. The van der Waals surface area contributed by atoms with Gasteiger partial charge in [-0.05, 0) is 67.6 Å². The quantitative estimate of drug-likeness (QED) is 0.745. The van der Waals surface area contributed by atoms with E-state index in [4.69, 9.17) is 4.74 Å². The molecule has 1 amide bonds. The Labute approximate surface area is 168 Å². The second-order valence-corrected chi connectivity index (χ2v) is 7.74. The highest BCUT2D eigenvalue weighted by Crippen LogP contribution is 2.19. The molecule has 3 rings (SSSR count). The van der Waals surface area contributed by atoms with E-state index in [1.54, 1.807) is 7.11 Å². The van der Waals surface area contributed by atoms with E-state index in [0.29, 0.717) is 13.0 Å². The Morgan fingerprint density at radius 2 is 1.82 bits per heavy atom. The minimum Gasteiger partial charge on any atom is -0.496 e. The van der Waals surface area contributed by atoms with E-state index in [1.165, 1.54) is 43.5 Å². The van der Waals surface area contributed by atoms with Gasteiger partial charge in [0.1, 0.15) is 5.75 Å². The Hall–Kier alpha value is -2.33. The number of hydrogen-bond donors (Lipinski definition) is 1. The first kappa shape index (κ1) is 20.4. The van der Waals surface area contributed by atoms with Crippen LogP contribution >= 0.6 is 0 Å². The van der Waals surface area contributed by atoms with Crippen LogP contribution in [0.15, 0.2) is 42.5 Å². The molecule has 0 saturated carbocycles. The molecule has 1 N–H and O–H groups in total. The van der Waals surface area contributed by atoms with Gasteiger partial charge in [0.05, 0.1) is 7.11 Å². The summed E-state index contributed by atoms with van der Waals surface area (Å²) in [7, 11) is 1.68. The first-order valence-corrected chi connectivity index (χ1v) is 10.3. The summed E-state index contributed by atoms with van der Waals surface area (Å²) < 4.78 is 5.29. The van der Waals surface area contributed by atoms with Crippen molar-refractivity contribution in [1.82, 2.24) is 10.2 Å². The van der Waals surface area contributed by atoms with Gasteiger partial charge >= 0.3 is 0 Å². The Morgan fingerprint density at radius 1 is 1.04 bits per heavy atom. The van der Waals surface area contributed by atoms with Gasteiger partial charge in [-0.25, -0.2) is 0 Å². The maximum absolute atomic E-state index is 12.3. The van der Waals surface area contributed by atoms with Gasteiger partial charge in [0, 0.05) is 19.5 Å². The van der Waals surface area contributed by atoms with Gasteiger partial charge in [-0.3, -0.25) is 9.69 Å². The lowest BCUT2D eigenvalue weighted by molar-refractivity contribution is -0.121. The van der Waals surface area contributed by atoms with Crippen molar-refractivity contribution in [2.75, 3.05) is 20.2 Å². The molecule has 1 aliphatic rings. The van der Waals surface area contributed by atoms with Gasteiger partial charge in [0.25, 0.3) is 0 Å². The van der Waals surface area contributed by atoms with E-state index in [9.17, 15) is 4.79 Å². The summed E-state index contributed by atoms with van der Waals surface area (Å²) in [6, 6.07) is 14.7. The SMILES string of the molecule is COc1ccc(CCC(=O)NCc2cccc(CN3CCCCC3)c2)cc1C. The van der Waals surface area contributed by atoms with Gasteiger partial charge in [-0.15, -0.1) is 0 Å². The van der Waals surface area contributed by atoms with Crippen molar-refractivity contribution < 1.29 is 9.53 Å². The molecule has 1 heterocycles. The first-order valence-electron chi connectivity index (χ1n) is 10.3. The van der Waals surface area contributed by atoms with Crippen molar-refractivity contribution in [3.63, 3.8) is 0 Å². The number of amides is 1. The lowest BCUT2D eigenvalue weighted by Gasteiger charge is -2.26. The molecular weight excluding hydrogens is 348 g/mol.